The van der Waals surface area contributed by atoms with Crippen LogP contribution < -0.4 is 21.3 Å². The second-order valence-corrected chi connectivity index (χ2v) is 5.74. The van der Waals surface area contributed by atoms with Crippen molar-refractivity contribution in [3.8, 4) is 11.3 Å². The van der Waals surface area contributed by atoms with E-state index in [0.717, 1.165) is 49.2 Å². The summed E-state index contributed by atoms with van der Waals surface area (Å²) in [6.07, 6.45) is 3.39. The summed E-state index contributed by atoms with van der Waals surface area (Å²) in [7, 11) is 0. The minimum absolute atomic E-state index is 0.165. The van der Waals surface area contributed by atoms with Crippen LogP contribution in [0.5, 0.6) is 0 Å². The first-order chi connectivity index (χ1) is 12.3. The molecule has 0 spiro atoms. The Morgan fingerprint density at radius 2 is 1.88 bits per heavy atom. The van der Waals surface area contributed by atoms with Crippen molar-refractivity contribution in [2.24, 2.45) is 0 Å². The minimum Gasteiger partial charge on any atom is -0.424 e. The molecule has 0 atom stereocenters. The number of hydrogen-bond acceptors (Lipinski definition) is 8. The lowest BCUT2D eigenvalue weighted by atomic mass is 10.2. The molecule has 8 heteroatoms. The molecule has 25 heavy (non-hydrogen) atoms. The maximum Gasteiger partial charge on any atom is 0.292 e. The van der Waals surface area contributed by atoms with Gasteiger partial charge in [0, 0.05) is 43.6 Å². The fourth-order valence-electron chi connectivity index (χ4n) is 2.72. The van der Waals surface area contributed by atoms with E-state index >= 15 is 0 Å². The van der Waals surface area contributed by atoms with Gasteiger partial charge in [-0.2, -0.15) is 4.98 Å². The van der Waals surface area contributed by atoms with Crippen molar-refractivity contribution in [2.75, 3.05) is 42.1 Å². The van der Waals surface area contributed by atoms with E-state index in [-0.39, 0.29) is 6.01 Å². The standard InChI is InChI=1S/C17H19N7O/c18-16-21-11-14(25-16)12-1-3-13(4-2-12)22-15-5-6-20-17(23-15)24-9-7-19-8-10-24/h1-6,11,19H,7-10H2,(H2,18,21)(H,20,22,23). The topological polar surface area (TPSA) is 105 Å². The lowest BCUT2D eigenvalue weighted by Crippen LogP contribution is -2.44. The highest BCUT2D eigenvalue weighted by Gasteiger charge is 2.13. The number of aromatic nitrogens is 3. The monoisotopic (exact) mass is 337 g/mol. The Hall–Kier alpha value is -3.13. The van der Waals surface area contributed by atoms with E-state index in [0.29, 0.717) is 5.76 Å². The van der Waals surface area contributed by atoms with E-state index in [2.05, 4.69) is 30.5 Å². The molecule has 0 bridgehead atoms. The molecule has 1 aromatic carbocycles. The number of nitrogens with zero attached hydrogens (tertiary/aromatic N) is 4. The van der Waals surface area contributed by atoms with Gasteiger partial charge in [0.15, 0.2) is 5.76 Å². The van der Waals surface area contributed by atoms with Gasteiger partial charge >= 0.3 is 0 Å². The number of nitrogen functional groups attached to an aromatic ring is 1. The summed E-state index contributed by atoms with van der Waals surface area (Å²) in [5.74, 6) is 2.16. The number of piperazine rings is 1. The molecule has 8 nitrogen and oxygen atoms in total. The first kappa shape index (κ1) is 15.4. The normalized spacial score (nSPS) is 14.5. The van der Waals surface area contributed by atoms with Gasteiger partial charge in [-0.3, -0.25) is 0 Å². The first-order valence-electron chi connectivity index (χ1n) is 8.15. The SMILES string of the molecule is Nc1ncc(-c2ccc(Nc3ccnc(N4CCNCC4)n3)cc2)o1. The molecule has 0 radical (unpaired) electrons. The van der Waals surface area contributed by atoms with Gasteiger partial charge in [-0.25, -0.2) is 9.97 Å². The quantitative estimate of drug-likeness (QED) is 0.662. The van der Waals surface area contributed by atoms with Crippen LogP contribution in [0.15, 0.2) is 47.1 Å². The first-order valence-corrected chi connectivity index (χ1v) is 8.15. The zero-order valence-electron chi connectivity index (χ0n) is 13.6. The van der Waals surface area contributed by atoms with Crippen molar-refractivity contribution in [3.63, 3.8) is 0 Å². The number of anilines is 4. The predicted molar refractivity (Wildman–Crippen MR) is 96.7 cm³/mol. The van der Waals surface area contributed by atoms with Crippen molar-refractivity contribution in [1.82, 2.24) is 20.3 Å². The van der Waals surface area contributed by atoms with Crippen molar-refractivity contribution >= 4 is 23.5 Å². The van der Waals surface area contributed by atoms with Gasteiger partial charge < -0.3 is 25.7 Å². The molecule has 0 unspecified atom stereocenters. The Morgan fingerprint density at radius 1 is 1.08 bits per heavy atom. The molecular weight excluding hydrogens is 318 g/mol. The van der Waals surface area contributed by atoms with E-state index in [9.17, 15) is 0 Å². The Morgan fingerprint density at radius 3 is 2.60 bits per heavy atom. The maximum atomic E-state index is 5.51. The molecular formula is C17H19N7O. The third kappa shape index (κ3) is 3.53. The fourth-order valence-corrected chi connectivity index (χ4v) is 2.72. The van der Waals surface area contributed by atoms with Gasteiger partial charge in [0.1, 0.15) is 5.82 Å². The van der Waals surface area contributed by atoms with Crippen LogP contribution in [0.4, 0.5) is 23.5 Å². The molecule has 0 saturated carbocycles. The summed E-state index contributed by atoms with van der Waals surface area (Å²) in [6, 6.07) is 9.83. The highest BCUT2D eigenvalue weighted by Crippen LogP contribution is 2.24. The summed E-state index contributed by atoms with van der Waals surface area (Å²) < 4.78 is 5.33. The molecule has 1 saturated heterocycles. The number of hydrogen-bond donors (Lipinski definition) is 3. The molecule has 0 amide bonds. The summed E-state index contributed by atoms with van der Waals surface area (Å²) in [5.41, 5.74) is 7.36. The second-order valence-electron chi connectivity index (χ2n) is 5.74. The number of rotatable bonds is 4. The van der Waals surface area contributed by atoms with Gasteiger partial charge in [0.25, 0.3) is 6.01 Å². The Kier molecular flexibility index (Phi) is 4.17. The lowest BCUT2D eigenvalue weighted by molar-refractivity contribution is 0.580. The molecule has 3 aromatic rings. The molecule has 3 heterocycles. The average Bonchev–Trinajstić information content (AvgIpc) is 3.10. The highest BCUT2D eigenvalue weighted by atomic mass is 16.4. The molecule has 128 valence electrons. The zero-order valence-corrected chi connectivity index (χ0v) is 13.6. The Balaban J connectivity index is 1.48. The van der Waals surface area contributed by atoms with Crippen LogP contribution in [0.3, 0.4) is 0 Å². The largest absolute Gasteiger partial charge is 0.424 e. The van der Waals surface area contributed by atoms with Crippen LogP contribution in [0, 0.1) is 0 Å². The molecule has 0 aliphatic carbocycles. The molecule has 1 fully saturated rings. The van der Waals surface area contributed by atoms with E-state index < -0.39 is 0 Å². The minimum atomic E-state index is 0.165. The van der Waals surface area contributed by atoms with Gasteiger partial charge in [0.05, 0.1) is 6.20 Å². The summed E-state index contributed by atoms with van der Waals surface area (Å²) in [6.45, 7) is 3.74. The molecule has 4 rings (SSSR count). The third-order valence-electron chi connectivity index (χ3n) is 4.01. The lowest BCUT2D eigenvalue weighted by Gasteiger charge is -2.27. The maximum absolute atomic E-state index is 5.51. The molecule has 1 aliphatic heterocycles. The second kappa shape index (κ2) is 6.78. The fraction of sp³-hybridized carbons (Fsp3) is 0.235. The van der Waals surface area contributed by atoms with Crippen molar-refractivity contribution in [1.29, 1.82) is 0 Å². The van der Waals surface area contributed by atoms with Crippen LogP contribution in [0.1, 0.15) is 0 Å². The van der Waals surface area contributed by atoms with Crippen LogP contribution in [-0.4, -0.2) is 41.1 Å². The van der Waals surface area contributed by atoms with Crippen LogP contribution in [0.2, 0.25) is 0 Å². The van der Waals surface area contributed by atoms with E-state index in [1.807, 2.05) is 30.3 Å². The van der Waals surface area contributed by atoms with Gasteiger partial charge in [-0.05, 0) is 30.3 Å². The molecule has 1 aliphatic rings. The van der Waals surface area contributed by atoms with Gasteiger partial charge in [-0.1, -0.05) is 0 Å². The number of oxazole rings is 1. The summed E-state index contributed by atoms with van der Waals surface area (Å²) >= 11 is 0. The number of nitrogens with two attached hydrogens (primary N) is 1. The molecule has 4 N–H and O–H groups in total. The highest BCUT2D eigenvalue weighted by molar-refractivity contribution is 5.64. The van der Waals surface area contributed by atoms with Gasteiger partial charge in [0.2, 0.25) is 5.95 Å². The average molecular weight is 337 g/mol. The zero-order chi connectivity index (χ0) is 17.1. The van der Waals surface area contributed by atoms with Crippen LogP contribution in [0.25, 0.3) is 11.3 Å². The summed E-state index contributed by atoms with van der Waals surface area (Å²) in [5, 5.41) is 6.63. The van der Waals surface area contributed by atoms with Gasteiger partial charge in [-0.15, -0.1) is 0 Å². The van der Waals surface area contributed by atoms with E-state index in [4.69, 9.17) is 10.2 Å². The van der Waals surface area contributed by atoms with Crippen molar-refractivity contribution in [2.45, 2.75) is 0 Å². The Labute approximate surface area is 145 Å². The van der Waals surface area contributed by atoms with Crippen LogP contribution >= 0.6 is 0 Å². The number of benzene rings is 1. The third-order valence-corrected chi connectivity index (χ3v) is 4.01. The van der Waals surface area contributed by atoms with Crippen molar-refractivity contribution in [3.05, 3.63) is 42.7 Å². The Bertz CT molecular complexity index is 840. The number of nitrogens with one attached hydrogen (secondary N) is 2. The molecule has 2 aromatic heterocycles. The van der Waals surface area contributed by atoms with E-state index in [1.54, 1.807) is 12.4 Å². The summed E-state index contributed by atoms with van der Waals surface area (Å²) in [4.78, 5) is 15.1. The van der Waals surface area contributed by atoms with Crippen LogP contribution in [-0.2, 0) is 0 Å². The van der Waals surface area contributed by atoms with Crippen molar-refractivity contribution < 1.29 is 4.42 Å². The predicted octanol–water partition coefficient (Wildman–Crippen LogP) is 1.87. The smallest absolute Gasteiger partial charge is 0.292 e. The van der Waals surface area contributed by atoms with E-state index in [1.165, 1.54) is 0 Å².